The molecule has 3 rings (SSSR count). The zero-order valence-corrected chi connectivity index (χ0v) is 18.8. The lowest BCUT2D eigenvalue weighted by Crippen LogP contribution is -2.42. The highest BCUT2D eigenvalue weighted by molar-refractivity contribution is 7.99. The summed E-state index contributed by atoms with van der Waals surface area (Å²) >= 11 is 1.35. The highest BCUT2D eigenvalue weighted by Crippen LogP contribution is 2.24. The fraction of sp³-hybridized carbons (Fsp3) is 0.550. The van der Waals surface area contributed by atoms with Crippen molar-refractivity contribution in [1.29, 1.82) is 0 Å². The molecule has 2 aromatic rings. The van der Waals surface area contributed by atoms with E-state index in [1.165, 1.54) is 11.8 Å². The second-order valence-electron chi connectivity index (χ2n) is 7.49. The minimum absolute atomic E-state index is 0.0398. The highest BCUT2D eigenvalue weighted by atomic mass is 32.2. The van der Waals surface area contributed by atoms with Crippen LogP contribution in [0.25, 0.3) is 5.69 Å². The molecule has 0 radical (unpaired) electrons. The maximum atomic E-state index is 13.0. The van der Waals surface area contributed by atoms with Crippen LogP contribution < -0.4 is 0 Å². The van der Waals surface area contributed by atoms with Crippen LogP contribution >= 0.6 is 11.8 Å². The molecular formula is C20H28N4O3S2. The van der Waals surface area contributed by atoms with Gasteiger partial charge in [0.2, 0.25) is 5.91 Å². The Morgan fingerprint density at radius 1 is 1.31 bits per heavy atom. The van der Waals surface area contributed by atoms with Gasteiger partial charge in [-0.1, -0.05) is 37.2 Å². The molecule has 2 heterocycles. The number of rotatable bonds is 8. The fourth-order valence-electron chi connectivity index (χ4n) is 3.57. The summed E-state index contributed by atoms with van der Waals surface area (Å²) in [6.45, 7) is 6.58. The first-order chi connectivity index (χ1) is 13.8. The van der Waals surface area contributed by atoms with Crippen LogP contribution in [0.15, 0.2) is 29.4 Å². The average molecular weight is 437 g/mol. The number of benzene rings is 1. The fourth-order valence-corrected chi connectivity index (χ4v) is 6.18. The van der Waals surface area contributed by atoms with Crippen molar-refractivity contribution in [2.75, 3.05) is 23.8 Å². The van der Waals surface area contributed by atoms with Gasteiger partial charge >= 0.3 is 0 Å². The maximum absolute atomic E-state index is 13.0. The monoisotopic (exact) mass is 436 g/mol. The standard InChI is InChI=1S/C20H28N4O3S2/c1-4-5-10-23(18-9-11-29(26,27)14-18)19(25)13-28-20-22-21-16(3)24(20)17-8-6-7-15(2)12-17/h6-8,12,18H,4-5,9-11,13-14H2,1-3H3. The van der Waals surface area contributed by atoms with E-state index in [2.05, 4.69) is 23.2 Å². The highest BCUT2D eigenvalue weighted by Gasteiger charge is 2.34. The Hall–Kier alpha value is -1.87. The van der Waals surface area contributed by atoms with Gasteiger partial charge in [-0.2, -0.15) is 0 Å². The summed E-state index contributed by atoms with van der Waals surface area (Å²) in [5, 5.41) is 9.09. The Morgan fingerprint density at radius 3 is 2.76 bits per heavy atom. The SMILES string of the molecule is CCCCN(C(=O)CSc1nnc(C)n1-c1cccc(C)c1)C1CCS(=O)(=O)C1. The number of carbonyl (C=O) groups excluding carboxylic acids is 1. The third-order valence-corrected chi connectivity index (χ3v) is 7.77. The molecule has 1 aliphatic heterocycles. The number of sulfone groups is 1. The molecule has 7 nitrogen and oxygen atoms in total. The van der Waals surface area contributed by atoms with Crippen LogP contribution in [0.4, 0.5) is 0 Å². The van der Waals surface area contributed by atoms with Crippen LogP contribution in [0, 0.1) is 13.8 Å². The molecule has 0 aliphatic carbocycles. The van der Waals surface area contributed by atoms with E-state index in [4.69, 9.17) is 0 Å². The lowest BCUT2D eigenvalue weighted by Gasteiger charge is -2.28. The predicted molar refractivity (Wildman–Crippen MR) is 115 cm³/mol. The van der Waals surface area contributed by atoms with Gasteiger partial charge in [0.15, 0.2) is 15.0 Å². The Balaban J connectivity index is 1.73. The second kappa shape index (κ2) is 9.30. The molecule has 1 fully saturated rings. The van der Waals surface area contributed by atoms with Crippen molar-refractivity contribution in [3.8, 4) is 5.69 Å². The van der Waals surface area contributed by atoms with Gasteiger partial charge in [0.25, 0.3) is 0 Å². The zero-order valence-electron chi connectivity index (χ0n) is 17.2. The lowest BCUT2D eigenvalue weighted by atomic mass is 10.2. The van der Waals surface area contributed by atoms with Gasteiger partial charge in [-0.15, -0.1) is 10.2 Å². The van der Waals surface area contributed by atoms with Crippen molar-refractivity contribution in [2.24, 2.45) is 0 Å². The molecule has 9 heteroatoms. The summed E-state index contributed by atoms with van der Waals surface area (Å²) < 4.78 is 25.7. The van der Waals surface area contributed by atoms with E-state index in [0.29, 0.717) is 18.1 Å². The first-order valence-electron chi connectivity index (χ1n) is 9.92. The number of aromatic nitrogens is 3. The molecule has 1 aromatic heterocycles. The zero-order chi connectivity index (χ0) is 21.0. The van der Waals surface area contributed by atoms with Crippen LogP contribution in [0.5, 0.6) is 0 Å². The Labute approximate surface area is 176 Å². The van der Waals surface area contributed by atoms with E-state index in [1.54, 1.807) is 4.90 Å². The summed E-state index contributed by atoms with van der Waals surface area (Å²) in [5.41, 5.74) is 2.10. The first kappa shape index (κ1) is 21.8. The van der Waals surface area contributed by atoms with Gasteiger partial charge in [-0.3, -0.25) is 9.36 Å². The molecule has 29 heavy (non-hydrogen) atoms. The summed E-state index contributed by atoms with van der Waals surface area (Å²) in [7, 11) is -3.04. The average Bonchev–Trinajstić information content (AvgIpc) is 3.22. The topological polar surface area (TPSA) is 85.2 Å². The summed E-state index contributed by atoms with van der Waals surface area (Å²) in [6.07, 6.45) is 2.35. The van der Waals surface area contributed by atoms with Gasteiger partial charge in [0.1, 0.15) is 5.82 Å². The van der Waals surface area contributed by atoms with Crippen LogP contribution in [0.2, 0.25) is 0 Å². The normalized spacial score (nSPS) is 18.1. The van der Waals surface area contributed by atoms with Crippen LogP contribution in [0.1, 0.15) is 37.6 Å². The summed E-state index contributed by atoms with van der Waals surface area (Å²) in [6, 6.07) is 7.85. The molecule has 1 atom stereocenters. The van der Waals surface area contributed by atoms with Crippen molar-refractivity contribution in [1.82, 2.24) is 19.7 Å². The summed E-state index contributed by atoms with van der Waals surface area (Å²) in [4.78, 5) is 14.7. The molecule has 158 valence electrons. The second-order valence-corrected chi connectivity index (χ2v) is 10.7. The molecule has 1 amide bonds. The van der Waals surface area contributed by atoms with Gasteiger partial charge < -0.3 is 4.90 Å². The van der Waals surface area contributed by atoms with E-state index < -0.39 is 9.84 Å². The molecule has 0 bridgehead atoms. The number of amides is 1. The summed E-state index contributed by atoms with van der Waals surface area (Å²) in [5.74, 6) is 1.18. The Kier molecular flexibility index (Phi) is 7.00. The number of hydrogen-bond acceptors (Lipinski definition) is 6. The lowest BCUT2D eigenvalue weighted by molar-refractivity contribution is -0.130. The van der Waals surface area contributed by atoms with E-state index >= 15 is 0 Å². The van der Waals surface area contributed by atoms with Crippen LogP contribution in [-0.2, 0) is 14.6 Å². The molecular weight excluding hydrogens is 408 g/mol. The van der Waals surface area contributed by atoms with Gasteiger partial charge in [-0.25, -0.2) is 8.42 Å². The van der Waals surface area contributed by atoms with Crippen LogP contribution in [0.3, 0.4) is 0 Å². The Morgan fingerprint density at radius 2 is 2.10 bits per heavy atom. The number of unbranched alkanes of at least 4 members (excludes halogenated alkanes) is 1. The largest absolute Gasteiger partial charge is 0.338 e. The van der Waals surface area contributed by atoms with Crippen molar-refractivity contribution in [2.45, 2.75) is 51.2 Å². The third kappa shape index (κ3) is 5.39. The molecule has 0 saturated carbocycles. The van der Waals surface area contributed by atoms with Gasteiger partial charge in [0.05, 0.1) is 17.3 Å². The first-order valence-corrected chi connectivity index (χ1v) is 12.7. The third-order valence-electron chi connectivity index (χ3n) is 5.10. The number of aryl methyl sites for hydroxylation is 2. The van der Waals surface area contributed by atoms with Crippen molar-refractivity contribution >= 4 is 27.5 Å². The van der Waals surface area contributed by atoms with Crippen molar-refractivity contribution < 1.29 is 13.2 Å². The molecule has 0 spiro atoms. The molecule has 1 aliphatic rings. The number of hydrogen-bond donors (Lipinski definition) is 0. The Bertz CT molecular complexity index is 972. The van der Waals surface area contributed by atoms with Crippen LogP contribution in [-0.4, -0.2) is 63.8 Å². The molecule has 1 saturated heterocycles. The minimum atomic E-state index is -3.04. The van der Waals surface area contributed by atoms with E-state index in [9.17, 15) is 13.2 Å². The van der Waals surface area contributed by atoms with Gasteiger partial charge in [0, 0.05) is 18.3 Å². The van der Waals surface area contributed by atoms with E-state index in [0.717, 1.165) is 29.9 Å². The quantitative estimate of drug-likeness (QED) is 0.592. The number of carbonyl (C=O) groups is 1. The molecule has 0 N–H and O–H groups in total. The van der Waals surface area contributed by atoms with Gasteiger partial charge in [-0.05, 0) is 44.4 Å². The number of thioether (sulfide) groups is 1. The molecule has 1 aromatic carbocycles. The maximum Gasteiger partial charge on any atom is 0.233 e. The van der Waals surface area contributed by atoms with Crippen molar-refractivity contribution in [3.05, 3.63) is 35.7 Å². The van der Waals surface area contributed by atoms with Crippen molar-refractivity contribution in [3.63, 3.8) is 0 Å². The number of nitrogens with zero attached hydrogens (tertiary/aromatic N) is 4. The van der Waals surface area contributed by atoms with E-state index in [1.807, 2.05) is 36.6 Å². The minimum Gasteiger partial charge on any atom is -0.338 e. The molecule has 1 unspecified atom stereocenters. The smallest absolute Gasteiger partial charge is 0.233 e. The van der Waals surface area contributed by atoms with E-state index in [-0.39, 0.29) is 29.2 Å². The predicted octanol–water partition coefficient (Wildman–Crippen LogP) is 2.79.